The molecule has 0 unspecified atom stereocenters. The molecule has 1 aliphatic carbocycles. The monoisotopic (exact) mass is 433 g/mol. The topological polar surface area (TPSA) is 68.5 Å². The lowest BCUT2D eigenvalue weighted by atomic mass is 9.99. The number of carbonyl (C=O) groups excluding carboxylic acids is 1. The number of carbonyl (C=O) groups is 1. The van der Waals surface area contributed by atoms with E-state index in [-0.39, 0.29) is 12.0 Å². The summed E-state index contributed by atoms with van der Waals surface area (Å²) in [6, 6.07) is 7.40. The first-order chi connectivity index (χ1) is 12.7. The summed E-state index contributed by atoms with van der Waals surface area (Å²) in [6.07, 6.45) is 3.83. The highest BCUT2D eigenvalue weighted by Crippen LogP contribution is 2.41. The smallest absolute Gasteiger partial charge is 0.264 e. The summed E-state index contributed by atoms with van der Waals surface area (Å²) in [6.45, 7) is 1.53. The molecule has 0 radical (unpaired) electrons. The van der Waals surface area contributed by atoms with E-state index in [1.807, 2.05) is 29.2 Å². The molecule has 0 aromatic carbocycles. The Balaban J connectivity index is 1.29. The molecule has 1 amide bonds. The Morgan fingerprint density at radius 2 is 2.19 bits per heavy atom. The maximum Gasteiger partial charge on any atom is 0.264 e. The van der Waals surface area contributed by atoms with E-state index < -0.39 is 0 Å². The molecule has 3 atom stereocenters. The van der Waals surface area contributed by atoms with Crippen molar-refractivity contribution in [3.8, 4) is 5.88 Å². The quantitative estimate of drug-likeness (QED) is 0.624. The van der Waals surface area contributed by atoms with Crippen LogP contribution in [0, 0.1) is 11.8 Å². The van der Waals surface area contributed by atoms with Crippen LogP contribution in [-0.2, 0) is 0 Å². The maximum atomic E-state index is 12.9. The van der Waals surface area contributed by atoms with Crippen LogP contribution in [-0.4, -0.2) is 40.2 Å². The second-order valence-electron chi connectivity index (χ2n) is 6.82. The number of amides is 1. The average molecular weight is 434 g/mol. The lowest BCUT2D eigenvalue weighted by Crippen LogP contribution is -2.32. The fraction of sp³-hybridized carbons (Fsp3) is 0.389. The molecule has 26 heavy (non-hydrogen) atoms. The number of hydrogen-bond donors (Lipinski definition) is 0. The fourth-order valence-electron chi connectivity index (χ4n) is 4.08. The fourth-order valence-corrected chi connectivity index (χ4v) is 5.24. The zero-order chi connectivity index (χ0) is 17.7. The van der Waals surface area contributed by atoms with Gasteiger partial charge in [-0.15, -0.1) is 21.5 Å². The number of thiophene rings is 1. The highest BCUT2D eigenvalue weighted by molar-refractivity contribution is 9.10. The Morgan fingerprint density at radius 3 is 3.00 bits per heavy atom. The molecule has 0 spiro atoms. The molecule has 2 aliphatic rings. The van der Waals surface area contributed by atoms with E-state index in [0.717, 1.165) is 41.1 Å². The third-order valence-electron chi connectivity index (χ3n) is 5.31. The van der Waals surface area contributed by atoms with Crippen LogP contribution in [0.1, 0.15) is 22.5 Å². The highest BCUT2D eigenvalue weighted by atomic mass is 79.9. The van der Waals surface area contributed by atoms with Crippen molar-refractivity contribution in [2.24, 2.45) is 11.8 Å². The van der Waals surface area contributed by atoms with Gasteiger partial charge in [0.25, 0.3) is 5.91 Å². The minimum Gasteiger partial charge on any atom is -0.473 e. The predicted molar refractivity (Wildman–Crippen MR) is 100 cm³/mol. The molecule has 1 saturated carbocycles. The van der Waals surface area contributed by atoms with Crippen molar-refractivity contribution < 1.29 is 13.9 Å². The SMILES string of the molecule is O=C(c1cc2occc2s1)N1C[C@@H]2CC[C@@H](Oc3ccc(Br)nn3)[C@@H]2C1. The summed E-state index contributed by atoms with van der Waals surface area (Å²) in [5.74, 6) is 1.49. The molecular weight excluding hydrogens is 418 g/mol. The average Bonchev–Trinajstić information content (AvgIpc) is 3.37. The highest BCUT2D eigenvalue weighted by Gasteiger charge is 2.45. The number of ether oxygens (including phenoxy) is 1. The molecule has 0 N–H and O–H groups in total. The zero-order valence-electron chi connectivity index (χ0n) is 13.8. The molecule has 0 bridgehead atoms. The lowest BCUT2D eigenvalue weighted by molar-refractivity contribution is 0.0765. The van der Waals surface area contributed by atoms with Crippen molar-refractivity contribution in [3.05, 3.63) is 40.0 Å². The van der Waals surface area contributed by atoms with Crippen molar-refractivity contribution in [1.82, 2.24) is 15.1 Å². The Kier molecular flexibility index (Phi) is 3.97. The number of furan rings is 1. The normalized spacial score (nSPS) is 25.0. The molecule has 6 nitrogen and oxygen atoms in total. The number of fused-ring (bicyclic) bond motifs is 2. The van der Waals surface area contributed by atoms with Crippen LogP contribution < -0.4 is 4.74 Å². The first kappa shape index (κ1) is 16.3. The van der Waals surface area contributed by atoms with Crippen LogP contribution in [0.4, 0.5) is 0 Å². The molecule has 1 aliphatic heterocycles. The number of aromatic nitrogens is 2. The molecule has 1 saturated heterocycles. The summed E-state index contributed by atoms with van der Waals surface area (Å²) in [5, 5.41) is 8.04. The Bertz CT molecular complexity index is 926. The van der Waals surface area contributed by atoms with Gasteiger partial charge in [-0.2, -0.15) is 0 Å². The minimum atomic E-state index is 0.0906. The minimum absolute atomic E-state index is 0.0906. The van der Waals surface area contributed by atoms with Gasteiger partial charge >= 0.3 is 0 Å². The number of rotatable bonds is 3. The van der Waals surface area contributed by atoms with E-state index in [2.05, 4.69) is 26.1 Å². The Labute approximate surface area is 162 Å². The van der Waals surface area contributed by atoms with Gasteiger partial charge in [0.15, 0.2) is 0 Å². The third-order valence-corrected chi connectivity index (χ3v) is 6.80. The van der Waals surface area contributed by atoms with E-state index in [9.17, 15) is 4.79 Å². The number of hydrogen-bond acceptors (Lipinski definition) is 6. The summed E-state index contributed by atoms with van der Waals surface area (Å²) in [5.41, 5.74) is 0.785. The first-order valence-electron chi connectivity index (χ1n) is 8.59. The number of nitrogens with zero attached hydrogens (tertiary/aromatic N) is 3. The molecule has 3 aromatic heterocycles. The van der Waals surface area contributed by atoms with Crippen molar-refractivity contribution in [1.29, 1.82) is 0 Å². The van der Waals surface area contributed by atoms with Gasteiger partial charge in [0.05, 0.1) is 15.8 Å². The third kappa shape index (κ3) is 2.81. The van der Waals surface area contributed by atoms with Gasteiger partial charge in [0.2, 0.25) is 5.88 Å². The lowest BCUT2D eigenvalue weighted by Gasteiger charge is -2.21. The van der Waals surface area contributed by atoms with Crippen LogP contribution in [0.5, 0.6) is 5.88 Å². The van der Waals surface area contributed by atoms with E-state index in [4.69, 9.17) is 9.15 Å². The van der Waals surface area contributed by atoms with Gasteiger partial charge in [-0.05, 0) is 46.8 Å². The van der Waals surface area contributed by atoms with Gasteiger partial charge in [-0.3, -0.25) is 4.79 Å². The van der Waals surface area contributed by atoms with Gasteiger partial charge in [-0.1, -0.05) is 0 Å². The van der Waals surface area contributed by atoms with Crippen molar-refractivity contribution in [3.63, 3.8) is 0 Å². The van der Waals surface area contributed by atoms with Crippen LogP contribution >= 0.6 is 27.3 Å². The number of halogens is 1. The summed E-state index contributed by atoms with van der Waals surface area (Å²) < 4.78 is 13.2. The zero-order valence-corrected chi connectivity index (χ0v) is 16.2. The second kappa shape index (κ2) is 6.35. The summed E-state index contributed by atoms with van der Waals surface area (Å²) in [4.78, 5) is 15.6. The molecular formula is C18H16BrN3O3S. The van der Waals surface area contributed by atoms with Crippen molar-refractivity contribution in [2.75, 3.05) is 13.1 Å². The van der Waals surface area contributed by atoms with Crippen LogP contribution in [0.2, 0.25) is 0 Å². The van der Waals surface area contributed by atoms with Gasteiger partial charge in [0.1, 0.15) is 16.3 Å². The van der Waals surface area contributed by atoms with Crippen molar-refractivity contribution in [2.45, 2.75) is 18.9 Å². The molecule has 8 heteroatoms. The first-order valence-corrected chi connectivity index (χ1v) is 10.2. The molecule has 5 rings (SSSR count). The van der Waals surface area contributed by atoms with Gasteiger partial charge in [-0.25, -0.2) is 0 Å². The predicted octanol–water partition coefficient (Wildman–Crippen LogP) is 3.98. The van der Waals surface area contributed by atoms with E-state index >= 15 is 0 Å². The van der Waals surface area contributed by atoms with E-state index in [1.165, 1.54) is 11.3 Å². The Hall–Kier alpha value is -1.93. The second-order valence-corrected chi connectivity index (χ2v) is 8.72. The standard InChI is InChI=1S/C18H16BrN3O3S/c19-16-3-4-17(21-20-16)25-12-2-1-10-8-22(9-11(10)12)18(23)15-7-13-14(26-15)5-6-24-13/h3-7,10-12H,1-2,8-9H2/t10-,11+,12+/m0/s1. The molecule has 4 heterocycles. The molecule has 2 fully saturated rings. The summed E-state index contributed by atoms with van der Waals surface area (Å²) in [7, 11) is 0. The Morgan fingerprint density at radius 1 is 1.27 bits per heavy atom. The van der Waals surface area contributed by atoms with Crippen LogP contribution in [0.15, 0.2) is 39.5 Å². The summed E-state index contributed by atoms with van der Waals surface area (Å²) >= 11 is 4.77. The van der Waals surface area contributed by atoms with Gasteiger partial charge in [0, 0.05) is 31.1 Å². The van der Waals surface area contributed by atoms with Gasteiger partial charge < -0.3 is 14.1 Å². The molecule has 134 valence electrons. The maximum absolute atomic E-state index is 12.9. The number of likely N-dealkylation sites (tertiary alicyclic amines) is 1. The van der Waals surface area contributed by atoms with Crippen LogP contribution in [0.3, 0.4) is 0 Å². The van der Waals surface area contributed by atoms with Crippen molar-refractivity contribution >= 4 is 43.5 Å². The van der Waals surface area contributed by atoms with E-state index in [0.29, 0.717) is 22.3 Å². The van der Waals surface area contributed by atoms with Crippen LogP contribution in [0.25, 0.3) is 10.3 Å². The molecule has 3 aromatic rings. The van der Waals surface area contributed by atoms with E-state index in [1.54, 1.807) is 6.26 Å². The largest absolute Gasteiger partial charge is 0.473 e.